The smallest absolute Gasteiger partial charge is 0.119 e. The Hall–Kier alpha value is -1.51. The fraction of sp³-hybridized carbons (Fsp3) is 0.294. The molecule has 2 aromatic carbocycles. The lowest BCUT2D eigenvalue weighted by Crippen LogP contribution is -2.17. The third-order valence-electron chi connectivity index (χ3n) is 3.01. The zero-order valence-corrected chi connectivity index (χ0v) is 12.8. The number of aryl methyl sites for hydroxylation is 1. The first kappa shape index (κ1) is 16.5. The van der Waals surface area contributed by atoms with E-state index in [1.165, 1.54) is 16.7 Å². The van der Waals surface area contributed by atoms with E-state index in [9.17, 15) is 0 Å². The average molecular weight is 292 g/mol. The molecule has 0 spiro atoms. The van der Waals surface area contributed by atoms with Crippen molar-refractivity contribution in [2.24, 2.45) is 5.73 Å². The van der Waals surface area contributed by atoms with E-state index in [4.69, 9.17) is 10.5 Å². The molecule has 3 heteroatoms. The third kappa shape index (κ3) is 5.24. The molecule has 0 heterocycles. The largest absolute Gasteiger partial charge is 0.489 e. The third-order valence-corrected chi connectivity index (χ3v) is 3.01. The molecule has 0 aliphatic rings. The van der Waals surface area contributed by atoms with Gasteiger partial charge in [-0.25, -0.2) is 0 Å². The fourth-order valence-corrected chi connectivity index (χ4v) is 1.94. The molecular weight excluding hydrogens is 270 g/mol. The highest BCUT2D eigenvalue weighted by molar-refractivity contribution is 5.85. The van der Waals surface area contributed by atoms with E-state index in [1.807, 2.05) is 19.1 Å². The first-order valence-electron chi connectivity index (χ1n) is 6.66. The van der Waals surface area contributed by atoms with Crippen molar-refractivity contribution in [3.8, 4) is 5.75 Å². The minimum atomic E-state index is 0. The van der Waals surface area contributed by atoms with Gasteiger partial charge in [0.1, 0.15) is 12.4 Å². The SMILES string of the molecule is Cc1ccc(COc2ccc(CC(C)N)cc2)cc1.Cl. The lowest BCUT2D eigenvalue weighted by molar-refractivity contribution is 0.306. The molecule has 0 radical (unpaired) electrons. The monoisotopic (exact) mass is 291 g/mol. The molecule has 0 amide bonds. The normalized spacial score (nSPS) is 11.6. The summed E-state index contributed by atoms with van der Waals surface area (Å²) in [6, 6.07) is 16.8. The summed E-state index contributed by atoms with van der Waals surface area (Å²) in [5, 5.41) is 0. The first-order chi connectivity index (χ1) is 9.13. The Morgan fingerprint density at radius 2 is 1.50 bits per heavy atom. The second-order valence-corrected chi connectivity index (χ2v) is 5.10. The number of benzene rings is 2. The number of hydrogen-bond donors (Lipinski definition) is 1. The van der Waals surface area contributed by atoms with Crippen LogP contribution < -0.4 is 10.5 Å². The minimum Gasteiger partial charge on any atom is -0.489 e. The van der Waals surface area contributed by atoms with Gasteiger partial charge >= 0.3 is 0 Å². The second kappa shape index (κ2) is 7.93. The second-order valence-electron chi connectivity index (χ2n) is 5.10. The van der Waals surface area contributed by atoms with Crippen molar-refractivity contribution in [1.82, 2.24) is 0 Å². The Kier molecular flexibility index (Phi) is 6.56. The Balaban J connectivity index is 0.00000200. The van der Waals surface area contributed by atoms with Gasteiger partial charge in [-0.05, 0) is 43.5 Å². The Morgan fingerprint density at radius 3 is 2.05 bits per heavy atom. The molecule has 108 valence electrons. The van der Waals surface area contributed by atoms with Gasteiger partial charge in [0, 0.05) is 6.04 Å². The van der Waals surface area contributed by atoms with Crippen molar-refractivity contribution in [3.05, 3.63) is 65.2 Å². The van der Waals surface area contributed by atoms with Gasteiger partial charge < -0.3 is 10.5 Å². The first-order valence-corrected chi connectivity index (χ1v) is 6.66. The highest BCUT2D eigenvalue weighted by Crippen LogP contribution is 2.15. The molecule has 0 aliphatic carbocycles. The summed E-state index contributed by atoms with van der Waals surface area (Å²) in [6.45, 7) is 4.70. The predicted octanol–water partition coefficient (Wildman–Crippen LogP) is 3.89. The van der Waals surface area contributed by atoms with Crippen LogP contribution >= 0.6 is 12.4 Å². The van der Waals surface area contributed by atoms with Gasteiger partial charge in [0.2, 0.25) is 0 Å². The summed E-state index contributed by atoms with van der Waals surface area (Å²) in [6.07, 6.45) is 0.901. The number of hydrogen-bond acceptors (Lipinski definition) is 2. The zero-order chi connectivity index (χ0) is 13.7. The van der Waals surface area contributed by atoms with Gasteiger partial charge in [0.05, 0.1) is 0 Å². The van der Waals surface area contributed by atoms with Crippen LogP contribution in [-0.2, 0) is 13.0 Å². The molecular formula is C17H22ClNO. The van der Waals surface area contributed by atoms with Crippen LogP contribution in [0.4, 0.5) is 0 Å². The van der Waals surface area contributed by atoms with E-state index in [0.29, 0.717) is 6.61 Å². The molecule has 0 bridgehead atoms. The van der Waals surface area contributed by atoms with E-state index in [2.05, 4.69) is 43.3 Å². The highest BCUT2D eigenvalue weighted by Gasteiger charge is 1.99. The number of rotatable bonds is 5. The van der Waals surface area contributed by atoms with Gasteiger partial charge in [-0.3, -0.25) is 0 Å². The lowest BCUT2D eigenvalue weighted by atomic mass is 10.1. The fourth-order valence-electron chi connectivity index (χ4n) is 1.94. The van der Waals surface area contributed by atoms with Crippen LogP contribution in [0.25, 0.3) is 0 Å². The summed E-state index contributed by atoms with van der Waals surface area (Å²) in [5.74, 6) is 0.897. The molecule has 0 fully saturated rings. The average Bonchev–Trinajstić information content (AvgIpc) is 2.39. The van der Waals surface area contributed by atoms with Crippen LogP contribution in [0.3, 0.4) is 0 Å². The maximum Gasteiger partial charge on any atom is 0.119 e. The molecule has 2 rings (SSSR count). The molecule has 2 aromatic rings. The van der Waals surface area contributed by atoms with Gasteiger partial charge in [0.15, 0.2) is 0 Å². The maximum absolute atomic E-state index is 5.78. The molecule has 1 atom stereocenters. The Labute approximate surface area is 127 Å². The summed E-state index contributed by atoms with van der Waals surface area (Å²) < 4.78 is 5.76. The highest BCUT2D eigenvalue weighted by atomic mass is 35.5. The number of ether oxygens (including phenoxy) is 1. The Bertz CT molecular complexity index is 506. The molecule has 0 aromatic heterocycles. The lowest BCUT2D eigenvalue weighted by Gasteiger charge is -2.09. The van der Waals surface area contributed by atoms with Gasteiger partial charge in [0.25, 0.3) is 0 Å². The van der Waals surface area contributed by atoms with Gasteiger partial charge in [-0.15, -0.1) is 12.4 Å². The molecule has 2 N–H and O–H groups in total. The minimum absolute atomic E-state index is 0. The van der Waals surface area contributed by atoms with Gasteiger partial charge in [-0.1, -0.05) is 42.0 Å². The van der Waals surface area contributed by atoms with Crippen LogP contribution in [0, 0.1) is 6.92 Å². The summed E-state index contributed by atoms with van der Waals surface area (Å²) >= 11 is 0. The van der Waals surface area contributed by atoms with E-state index in [0.717, 1.165) is 12.2 Å². The van der Waals surface area contributed by atoms with E-state index in [-0.39, 0.29) is 18.4 Å². The van der Waals surface area contributed by atoms with Crippen LogP contribution in [-0.4, -0.2) is 6.04 Å². The van der Waals surface area contributed by atoms with Crippen molar-refractivity contribution in [2.75, 3.05) is 0 Å². The maximum atomic E-state index is 5.78. The van der Waals surface area contributed by atoms with Crippen LogP contribution in [0.15, 0.2) is 48.5 Å². The number of nitrogens with two attached hydrogens (primary N) is 1. The Morgan fingerprint density at radius 1 is 0.950 bits per heavy atom. The molecule has 0 saturated heterocycles. The zero-order valence-electron chi connectivity index (χ0n) is 12.0. The van der Waals surface area contributed by atoms with Crippen molar-refractivity contribution < 1.29 is 4.74 Å². The van der Waals surface area contributed by atoms with E-state index < -0.39 is 0 Å². The summed E-state index contributed by atoms with van der Waals surface area (Å²) in [7, 11) is 0. The van der Waals surface area contributed by atoms with Crippen LogP contribution in [0.2, 0.25) is 0 Å². The van der Waals surface area contributed by atoms with Crippen molar-refractivity contribution in [2.45, 2.75) is 32.9 Å². The van der Waals surface area contributed by atoms with Gasteiger partial charge in [-0.2, -0.15) is 0 Å². The predicted molar refractivity (Wildman–Crippen MR) is 86.6 cm³/mol. The molecule has 0 aliphatic heterocycles. The van der Waals surface area contributed by atoms with Crippen molar-refractivity contribution >= 4 is 12.4 Å². The van der Waals surface area contributed by atoms with E-state index in [1.54, 1.807) is 0 Å². The van der Waals surface area contributed by atoms with Crippen molar-refractivity contribution in [3.63, 3.8) is 0 Å². The van der Waals surface area contributed by atoms with Crippen LogP contribution in [0.5, 0.6) is 5.75 Å². The topological polar surface area (TPSA) is 35.2 Å². The molecule has 0 saturated carbocycles. The quantitative estimate of drug-likeness (QED) is 0.907. The molecule has 2 nitrogen and oxygen atoms in total. The summed E-state index contributed by atoms with van der Waals surface area (Å²) in [5.41, 5.74) is 9.48. The number of halogens is 1. The molecule has 20 heavy (non-hydrogen) atoms. The summed E-state index contributed by atoms with van der Waals surface area (Å²) in [4.78, 5) is 0. The van der Waals surface area contributed by atoms with E-state index >= 15 is 0 Å². The van der Waals surface area contributed by atoms with Crippen LogP contribution in [0.1, 0.15) is 23.6 Å². The van der Waals surface area contributed by atoms with Crippen molar-refractivity contribution in [1.29, 1.82) is 0 Å². The standard InChI is InChI=1S/C17H21NO.ClH/c1-13-3-5-16(6-4-13)12-19-17-9-7-15(8-10-17)11-14(2)18;/h3-10,14H,11-12,18H2,1-2H3;1H. The molecule has 1 unspecified atom stereocenters.